The van der Waals surface area contributed by atoms with Crippen molar-refractivity contribution in [1.82, 2.24) is 29.7 Å². The van der Waals surface area contributed by atoms with Crippen LogP contribution in [0.15, 0.2) is 55.1 Å². The summed E-state index contributed by atoms with van der Waals surface area (Å²) in [5.41, 5.74) is 2.46. The number of benzene rings is 1. The second-order valence-corrected chi connectivity index (χ2v) is 9.04. The number of rotatable bonds is 11. The molecule has 10 nitrogen and oxygen atoms in total. The molecule has 3 aromatic heterocycles. The summed E-state index contributed by atoms with van der Waals surface area (Å²) in [6, 6.07) is 9.38. The lowest BCUT2D eigenvalue weighted by Gasteiger charge is -2.23. The zero-order valence-corrected chi connectivity index (χ0v) is 21.7. The second kappa shape index (κ2) is 11.8. The first-order chi connectivity index (χ1) is 17.6. The minimum Gasteiger partial charge on any atom is -0.494 e. The van der Waals surface area contributed by atoms with E-state index >= 15 is 0 Å². The van der Waals surface area contributed by atoms with Crippen LogP contribution in [0.3, 0.4) is 0 Å². The van der Waals surface area contributed by atoms with Gasteiger partial charge in [0.2, 0.25) is 5.95 Å². The number of nitrogens with zero attached hydrogens (tertiary/aromatic N) is 6. The Morgan fingerprint density at radius 3 is 2.33 bits per heavy atom. The van der Waals surface area contributed by atoms with Crippen LogP contribution in [0.25, 0.3) is 17.1 Å². The zero-order chi connectivity index (χ0) is 25.5. The van der Waals surface area contributed by atoms with E-state index < -0.39 is 0 Å². The normalized spacial score (nSPS) is 12.7. The number of methoxy groups -OCH3 is 2. The van der Waals surface area contributed by atoms with Crippen molar-refractivity contribution in [3.8, 4) is 28.6 Å². The van der Waals surface area contributed by atoms with E-state index in [1.54, 1.807) is 39.0 Å². The molecule has 0 amide bonds. The van der Waals surface area contributed by atoms with E-state index in [2.05, 4.69) is 29.9 Å². The smallest absolute Gasteiger partial charge is 0.239 e. The van der Waals surface area contributed by atoms with E-state index in [9.17, 15) is 0 Å². The lowest BCUT2D eigenvalue weighted by molar-refractivity contribution is 0.0575. The Morgan fingerprint density at radius 2 is 1.72 bits per heavy atom. The van der Waals surface area contributed by atoms with Crippen molar-refractivity contribution < 1.29 is 14.2 Å². The summed E-state index contributed by atoms with van der Waals surface area (Å²) in [6.07, 6.45) is 6.73. The third kappa shape index (κ3) is 5.42. The number of aryl methyl sites for hydroxylation is 1. The van der Waals surface area contributed by atoms with E-state index in [1.807, 2.05) is 55.7 Å². The monoisotopic (exact) mass is 507 g/mol. The van der Waals surface area contributed by atoms with Crippen molar-refractivity contribution in [2.45, 2.75) is 32.1 Å². The number of nitrogens with one attached hydrogen (secondary N) is 1. The fourth-order valence-corrected chi connectivity index (χ4v) is 4.40. The van der Waals surface area contributed by atoms with Crippen LogP contribution in [0.4, 0.5) is 5.95 Å². The van der Waals surface area contributed by atoms with Crippen molar-refractivity contribution in [3.63, 3.8) is 0 Å². The molecule has 0 spiro atoms. The molecular formula is C25H29N7O3S. The standard InChI is InChI=1S/C25H29N7O3S/c1-6-35-22(23-27-13-16(2)14-28-23)17(3)36-31-25-30-29-24(18-9-8-12-26-15-18)32(25)21-19(33-4)10-7-11-20(21)34-5/h7-15,17,22H,6H2,1-5H3,(H,30,31). The number of aromatic nitrogens is 6. The summed E-state index contributed by atoms with van der Waals surface area (Å²) in [4.78, 5) is 13.2. The molecule has 4 rings (SSSR count). The Bertz CT molecular complexity index is 1250. The summed E-state index contributed by atoms with van der Waals surface area (Å²) in [6.45, 7) is 6.49. The Balaban J connectivity index is 1.71. The zero-order valence-electron chi connectivity index (χ0n) is 20.9. The van der Waals surface area contributed by atoms with Crippen molar-refractivity contribution in [2.75, 3.05) is 25.5 Å². The van der Waals surface area contributed by atoms with Crippen molar-refractivity contribution in [1.29, 1.82) is 0 Å². The van der Waals surface area contributed by atoms with Gasteiger partial charge in [0.25, 0.3) is 0 Å². The van der Waals surface area contributed by atoms with E-state index in [-0.39, 0.29) is 11.4 Å². The number of pyridine rings is 1. The summed E-state index contributed by atoms with van der Waals surface area (Å²) >= 11 is 1.45. The molecule has 0 fully saturated rings. The number of para-hydroxylation sites is 1. The lowest BCUT2D eigenvalue weighted by Crippen LogP contribution is -2.20. The van der Waals surface area contributed by atoms with Gasteiger partial charge in [0.15, 0.2) is 11.6 Å². The number of hydrogen-bond acceptors (Lipinski definition) is 10. The quantitative estimate of drug-likeness (QED) is 0.288. The largest absolute Gasteiger partial charge is 0.494 e. The van der Waals surface area contributed by atoms with Crippen LogP contribution >= 0.6 is 11.9 Å². The number of anilines is 1. The predicted molar refractivity (Wildman–Crippen MR) is 140 cm³/mol. The Hall–Kier alpha value is -3.70. The van der Waals surface area contributed by atoms with Crippen LogP contribution in [0.2, 0.25) is 0 Å². The Morgan fingerprint density at radius 1 is 1.00 bits per heavy atom. The lowest BCUT2D eigenvalue weighted by atomic mass is 10.2. The first kappa shape index (κ1) is 25.4. The fraction of sp³-hybridized carbons (Fsp3) is 0.320. The Kier molecular flexibility index (Phi) is 8.34. The van der Waals surface area contributed by atoms with Gasteiger partial charge in [0.05, 0.1) is 19.5 Å². The molecule has 11 heteroatoms. The molecule has 1 N–H and O–H groups in total. The van der Waals surface area contributed by atoms with Gasteiger partial charge >= 0.3 is 0 Å². The Labute approximate surface area is 214 Å². The van der Waals surface area contributed by atoms with E-state index in [0.717, 1.165) is 11.1 Å². The van der Waals surface area contributed by atoms with Crippen LogP contribution in [0, 0.1) is 6.92 Å². The third-order valence-electron chi connectivity index (χ3n) is 5.37. The molecule has 4 aromatic rings. The highest BCUT2D eigenvalue weighted by atomic mass is 32.2. The van der Waals surface area contributed by atoms with Crippen LogP contribution in [-0.2, 0) is 4.74 Å². The molecule has 2 atom stereocenters. The molecule has 1 aromatic carbocycles. The minimum absolute atomic E-state index is 0.0563. The van der Waals surface area contributed by atoms with Gasteiger partial charge in [-0.2, -0.15) is 0 Å². The van der Waals surface area contributed by atoms with Gasteiger partial charge < -0.3 is 14.2 Å². The molecule has 0 aliphatic rings. The maximum Gasteiger partial charge on any atom is 0.239 e. The van der Waals surface area contributed by atoms with Gasteiger partial charge in [-0.05, 0) is 62.5 Å². The van der Waals surface area contributed by atoms with Crippen LogP contribution in [0.5, 0.6) is 11.5 Å². The average Bonchev–Trinajstić information content (AvgIpc) is 3.34. The van der Waals surface area contributed by atoms with E-state index in [0.29, 0.717) is 41.4 Å². The van der Waals surface area contributed by atoms with E-state index in [1.165, 1.54) is 11.9 Å². The fourth-order valence-electron chi connectivity index (χ4n) is 3.65. The SMILES string of the molecule is CCOC(c1ncc(C)cn1)C(C)SNc1nnc(-c2cccnc2)n1-c1c(OC)cccc1OC. The van der Waals surface area contributed by atoms with Crippen LogP contribution < -0.4 is 14.2 Å². The molecule has 0 saturated heterocycles. The molecule has 0 radical (unpaired) electrons. The van der Waals surface area contributed by atoms with Crippen LogP contribution in [0.1, 0.15) is 31.3 Å². The number of ether oxygens (including phenoxy) is 3. The molecule has 3 heterocycles. The highest BCUT2D eigenvalue weighted by Crippen LogP contribution is 2.38. The van der Waals surface area contributed by atoms with Crippen molar-refractivity contribution in [3.05, 3.63) is 66.5 Å². The molecule has 36 heavy (non-hydrogen) atoms. The maximum absolute atomic E-state index is 6.00. The van der Waals surface area contributed by atoms with Gasteiger partial charge in [-0.1, -0.05) is 6.07 Å². The van der Waals surface area contributed by atoms with Crippen LogP contribution in [-0.4, -0.2) is 55.8 Å². The molecular weight excluding hydrogens is 478 g/mol. The molecule has 188 valence electrons. The topological polar surface area (TPSA) is 109 Å². The molecule has 0 aliphatic carbocycles. The molecule has 0 saturated carbocycles. The summed E-state index contributed by atoms with van der Waals surface area (Å²) in [7, 11) is 3.23. The highest BCUT2D eigenvalue weighted by Gasteiger charge is 2.26. The van der Waals surface area contributed by atoms with Gasteiger partial charge in [0, 0.05) is 37.0 Å². The summed E-state index contributed by atoms with van der Waals surface area (Å²) in [5, 5.41) is 8.87. The highest BCUT2D eigenvalue weighted by molar-refractivity contribution is 8.01. The maximum atomic E-state index is 6.00. The predicted octanol–water partition coefficient (Wildman–Crippen LogP) is 4.67. The average molecular weight is 508 g/mol. The van der Waals surface area contributed by atoms with Crippen molar-refractivity contribution in [2.24, 2.45) is 0 Å². The summed E-state index contributed by atoms with van der Waals surface area (Å²) < 4.78 is 22.6. The van der Waals surface area contributed by atoms with Gasteiger partial charge in [0.1, 0.15) is 23.3 Å². The van der Waals surface area contributed by atoms with Crippen molar-refractivity contribution >= 4 is 17.9 Å². The molecule has 2 unspecified atom stereocenters. The first-order valence-electron chi connectivity index (χ1n) is 11.5. The number of hydrogen-bond donors (Lipinski definition) is 1. The molecule has 0 bridgehead atoms. The van der Waals surface area contributed by atoms with E-state index in [4.69, 9.17) is 14.2 Å². The summed E-state index contributed by atoms with van der Waals surface area (Å²) in [5.74, 6) is 2.94. The van der Waals surface area contributed by atoms with Gasteiger partial charge in [-0.25, -0.2) is 9.97 Å². The molecule has 0 aliphatic heterocycles. The van der Waals surface area contributed by atoms with Gasteiger partial charge in [-0.3, -0.25) is 14.3 Å². The first-order valence-corrected chi connectivity index (χ1v) is 12.3. The second-order valence-electron chi connectivity index (χ2n) is 7.86. The van der Waals surface area contributed by atoms with Gasteiger partial charge in [-0.15, -0.1) is 10.2 Å². The third-order valence-corrected chi connectivity index (χ3v) is 6.29. The minimum atomic E-state index is -0.317.